The molecular formula is C33H33N5O8. The van der Waals surface area contributed by atoms with Gasteiger partial charge in [0.15, 0.2) is 11.6 Å². The van der Waals surface area contributed by atoms with Crippen LogP contribution in [0.4, 0.5) is 5.69 Å². The molecule has 5 amide bonds. The second-order valence-electron chi connectivity index (χ2n) is 11.9. The first-order chi connectivity index (χ1) is 22.1. The van der Waals surface area contributed by atoms with Crippen molar-refractivity contribution < 1.29 is 38.7 Å². The van der Waals surface area contributed by atoms with Crippen LogP contribution in [0.2, 0.25) is 0 Å². The van der Waals surface area contributed by atoms with Crippen LogP contribution in [0.1, 0.15) is 64.3 Å². The van der Waals surface area contributed by atoms with E-state index in [4.69, 9.17) is 0 Å². The van der Waals surface area contributed by atoms with Gasteiger partial charge in [-0.25, -0.2) is 0 Å². The molecule has 13 nitrogen and oxygen atoms in total. The molecule has 1 aliphatic carbocycles. The Morgan fingerprint density at radius 1 is 0.957 bits per heavy atom. The van der Waals surface area contributed by atoms with Crippen molar-refractivity contribution in [3.63, 3.8) is 0 Å². The molecule has 2 saturated heterocycles. The number of rotatable bonds is 8. The van der Waals surface area contributed by atoms with E-state index in [1.807, 2.05) is 30.3 Å². The number of carbonyl (C=O) groups excluding carboxylic acids is 7. The highest BCUT2D eigenvalue weighted by molar-refractivity contribution is 6.26. The number of hydrogen-bond donors (Lipinski definition) is 4. The minimum Gasteiger partial charge on any atom is -0.392 e. The number of nitrogens with one attached hydrogen (secondary N) is 3. The molecule has 4 N–H and O–H groups in total. The van der Waals surface area contributed by atoms with Crippen LogP contribution in [0, 0.1) is 0 Å². The van der Waals surface area contributed by atoms with Crippen LogP contribution in [0.25, 0.3) is 0 Å². The maximum atomic E-state index is 13.4. The lowest BCUT2D eigenvalue weighted by Gasteiger charge is -2.28. The Balaban J connectivity index is 1.08. The van der Waals surface area contributed by atoms with Crippen molar-refractivity contribution in [1.29, 1.82) is 0 Å². The minimum atomic E-state index is -1.14. The highest BCUT2D eigenvalue weighted by Crippen LogP contribution is 2.33. The number of anilines is 1. The quantitative estimate of drug-likeness (QED) is 0.140. The largest absolute Gasteiger partial charge is 0.392 e. The number of allylic oxidation sites excluding steroid dienone is 1. The molecule has 2 aromatic carbocycles. The number of nitrogens with zero attached hydrogens (tertiary/aromatic N) is 2. The summed E-state index contributed by atoms with van der Waals surface area (Å²) in [7, 11) is 0. The van der Waals surface area contributed by atoms with Crippen molar-refractivity contribution in [2.24, 2.45) is 0 Å². The van der Waals surface area contributed by atoms with Crippen molar-refractivity contribution >= 4 is 46.8 Å². The summed E-state index contributed by atoms with van der Waals surface area (Å²) < 4.78 is 0. The maximum Gasteiger partial charge on any atom is 0.264 e. The first kappa shape index (κ1) is 31.0. The third-order valence-electron chi connectivity index (χ3n) is 8.94. The average molecular weight is 628 g/mol. The Morgan fingerprint density at radius 2 is 1.70 bits per heavy atom. The van der Waals surface area contributed by atoms with E-state index in [1.165, 1.54) is 24.4 Å². The van der Waals surface area contributed by atoms with Gasteiger partial charge in [0.05, 0.1) is 34.5 Å². The van der Waals surface area contributed by atoms with Gasteiger partial charge in [0, 0.05) is 45.1 Å². The van der Waals surface area contributed by atoms with Crippen LogP contribution < -0.4 is 16.0 Å². The van der Waals surface area contributed by atoms with E-state index in [2.05, 4.69) is 16.0 Å². The summed E-state index contributed by atoms with van der Waals surface area (Å²) in [4.78, 5) is 92.1. The molecule has 3 aliphatic heterocycles. The number of hydrogen-bond acceptors (Lipinski definition) is 10. The number of benzene rings is 2. The highest BCUT2D eigenvalue weighted by atomic mass is 16.3. The zero-order valence-electron chi connectivity index (χ0n) is 24.9. The fourth-order valence-electron chi connectivity index (χ4n) is 6.63. The monoisotopic (exact) mass is 627 g/mol. The Kier molecular flexibility index (Phi) is 8.61. The topological polar surface area (TPSA) is 182 Å². The molecule has 2 aromatic rings. The molecule has 1 saturated carbocycles. The zero-order valence-corrected chi connectivity index (χ0v) is 24.9. The lowest BCUT2D eigenvalue weighted by molar-refractivity contribution is -0.136. The summed E-state index contributed by atoms with van der Waals surface area (Å²) in [6, 6.07) is 12.0. The fourth-order valence-corrected chi connectivity index (χ4v) is 6.63. The normalized spacial score (nSPS) is 25.1. The number of likely N-dealkylation sites (tertiary alicyclic amines) is 1. The van der Waals surface area contributed by atoms with Crippen molar-refractivity contribution in [3.8, 4) is 0 Å². The molecule has 3 fully saturated rings. The number of imide groups is 2. The maximum absolute atomic E-state index is 13.4. The summed E-state index contributed by atoms with van der Waals surface area (Å²) in [6.07, 6.45) is 1.26. The second-order valence-corrected chi connectivity index (χ2v) is 11.9. The number of Topliss-reactive ketones (excluding diaryl/α,β-unsaturated/α-hetero) is 2. The van der Waals surface area contributed by atoms with Crippen LogP contribution in [0.5, 0.6) is 0 Å². The van der Waals surface area contributed by atoms with Crippen LogP contribution >= 0.6 is 0 Å². The van der Waals surface area contributed by atoms with Gasteiger partial charge in [0.25, 0.3) is 11.8 Å². The van der Waals surface area contributed by atoms with Crippen molar-refractivity contribution in [1.82, 2.24) is 20.4 Å². The number of piperidine rings is 1. The Labute approximate surface area is 264 Å². The minimum absolute atomic E-state index is 0.00793. The smallest absolute Gasteiger partial charge is 0.264 e. The first-order valence-corrected chi connectivity index (χ1v) is 15.2. The number of ketones is 2. The predicted octanol–water partition coefficient (Wildman–Crippen LogP) is 0.651. The van der Waals surface area contributed by atoms with E-state index >= 15 is 0 Å². The summed E-state index contributed by atoms with van der Waals surface area (Å²) in [5.41, 5.74) is 1.17. The standard InChI is InChI=1S/C33H33N5O8/c39-20-15-25(37(17-20)12-11-34-16-22-26(40)13-19(14-27(22)41)18-5-2-1-3-6-18)31(44)35-23-8-4-7-21-29(23)33(46)38(32(21)45)24-9-10-28(42)36-30(24)43/h1-8,16,19-20,24-25,34,39H,9-15,17H2,(H,35,44)(H,36,42,43)/t19?,20-,24?,25-/m0/s1. The van der Waals surface area contributed by atoms with E-state index < -0.39 is 47.7 Å². The van der Waals surface area contributed by atoms with Crippen molar-refractivity contribution in [3.05, 3.63) is 77.0 Å². The van der Waals surface area contributed by atoms with E-state index in [0.717, 1.165) is 10.5 Å². The van der Waals surface area contributed by atoms with Gasteiger partial charge in [0.1, 0.15) is 6.04 Å². The molecule has 0 spiro atoms. The molecule has 4 aliphatic rings. The lowest BCUT2D eigenvalue weighted by Crippen LogP contribution is -2.54. The van der Waals surface area contributed by atoms with Crippen LogP contribution in [0.3, 0.4) is 0 Å². The van der Waals surface area contributed by atoms with Gasteiger partial charge in [-0.2, -0.15) is 0 Å². The summed E-state index contributed by atoms with van der Waals surface area (Å²) in [6.45, 7) is 0.805. The number of carbonyl (C=O) groups is 7. The molecular weight excluding hydrogens is 594 g/mol. The molecule has 6 rings (SSSR count). The number of β-amino-alcohol motifs (C(OH)–C–C–N with tert-alkyl or cyclic N) is 1. The molecule has 0 bridgehead atoms. The number of aliphatic hydroxyl groups excluding tert-OH is 1. The van der Waals surface area contributed by atoms with Crippen LogP contribution in [-0.2, 0) is 24.0 Å². The Bertz CT molecular complexity index is 1650. The number of amides is 5. The van der Waals surface area contributed by atoms with Gasteiger partial charge in [-0.15, -0.1) is 0 Å². The van der Waals surface area contributed by atoms with Gasteiger partial charge >= 0.3 is 0 Å². The number of fused-ring (bicyclic) bond motifs is 1. The molecule has 13 heteroatoms. The van der Waals surface area contributed by atoms with E-state index in [-0.39, 0.29) is 85.1 Å². The van der Waals surface area contributed by atoms with E-state index in [1.54, 1.807) is 4.90 Å². The second kappa shape index (κ2) is 12.8. The van der Waals surface area contributed by atoms with Gasteiger partial charge in [-0.1, -0.05) is 36.4 Å². The SMILES string of the molecule is O=C1CCC(N2C(=O)c3cccc(NC(=O)[C@@H]4C[C@H](O)CN4CCNC=C4C(=O)CC(c5ccccc5)CC4=O)c3C2=O)C(=O)N1. The van der Waals surface area contributed by atoms with Gasteiger partial charge in [0.2, 0.25) is 17.7 Å². The van der Waals surface area contributed by atoms with E-state index in [0.29, 0.717) is 6.54 Å². The average Bonchev–Trinajstić information content (AvgIpc) is 3.53. The molecule has 0 radical (unpaired) electrons. The third-order valence-corrected chi connectivity index (χ3v) is 8.94. The molecule has 1 unspecified atom stereocenters. The lowest BCUT2D eigenvalue weighted by atomic mass is 9.80. The van der Waals surface area contributed by atoms with Crippen LogP contribution in [-0.4, -0.2) is 93.8 Å². The zero-order chi connectivity index (χ0) is 32.5. The summed E-state index contributed by atoms with van der Waals surface area (Å²) >= 11 is 0. The predicted molar refractivity (Wildman–Crippen MR) is 162 cm³/mol. The Hall–Kier alpha value is -5.01. The van der Waals surface area contributed by atoms with Gasteiger partial charge in [-0.3, -0.25) is 48.7 Å². The van der Waals surface area contributed by atoms with Crippen LogP contribution in [0.15, 0.2) is 60.3 Å². The summed E-state index contributed by atoms with van der Waals surface area (Å²) in [5.74, 6) is -3.74. The Morgan fingerprint density at radius 3 is 2.41 bits per heavy atom. The molecule has 238 valence electrons. The first-order valence-electron chi connectivity index (χ1n) is 15.2. The molecule has 46 heavy (non-hydrogen) atoms. The molecule has 3 atom stereocenters. The number of aliphatic hydroxyl groups is 1. The molecule has 3 heterocycles. The highest BCUT2D eigenvalue weighted by Gasteiger charge is 2.46. The molecule has 0 aromatic heterocycles. The van der Waals surface area contributed by atoms with Gasteiger partial charge < -0.3 is 15.7 Å². The summed E-state index contributed by atoms with van der Waals surface area (Å²) in [5, 5.41) is 18.3. The van der Waals surface area contributed by atoms with Crippen molar-refractivity contribution in [2.75, 3.05) is 25.0 Å². The van der Waals surface area contributed by atoms with Gasteiger partial charge in [-0.05, 0) is 36.5 Å². The fraction of sp³-hybridized carbons (Fsp3) is 0.364. The van der Waals surface area contributed by atoms with E-state index in [9.17, 15) is 38.7 Å². The van der Waals surface area contributed by atoms with Crippen molar-refractivity contribution in [2.45, 2.75) is 56.2 Å². The third kappa shape index (κ3) is 5.98.